The summed E-state index contributed by atoms with van der Waals surface area (Å²) in [5.41, 5.74) is 5.82. The van der Waals surface area contributed by atoms with Crippen LogP contribution in [0.3, 0.4) is 0 Å². The molecule has 1 saturated heterocycles. The molecule has 3 nitrogen and oxygen atoms in total. The number of likely N-dealkylation sites (tertiary alicyclic amines) is 1. The Hall–Kier alpha value is -0.700. The molecule has 0 atom stereocenters. The van der Waals surface area contributed by atoms with Crippen molar-refractivity contribution in [3.05, 3.63) is 12.4 Å². The maximum atomic E-state index is 5.52. The van der Waals surface area contributed by atoms with Gasteiger partial charge < -0.3 is 11.1 Å². The van der Waals surface area contributed by atoms with Gasteiger partial charge in [-0.2, -0.15) is 0 Å². The second-order valence-electron chi connectivity index (χ2n) is 5.10. The standard InChI is InChI=1S/C11H23N3/c1-9(12)13-10-5-7-14(8-6-10)11(2,3)4/h10,13H,1,5-8,12H2,2-4H3. The fourth-order valence-electron chi connectivity index (χ4n) is 1.96. The third-order valence-corrected chi connectivity index (χ3v) is 2.83. The first kappa shape index (κ1) is 11.4. The molecule has 0 aromatic carbocycles. The van der Waals surface area contributed by atoms with Crippen molar-refractivity contribution >= 4 is 0 Å². The molecule has 0 aromatic rings. The van der Waals surface area contributed by atoms with Crippen molar-refractivity contribution in [1.82, 2.24) is 10.2 Å². The lowest BCUT2D eigenvalue weighted by Gasteiger charge is -2.41. The summed E-state index contributed by atoms with van der Waals surface area (Å²) < 4.78 is 0. The molecular formula is C11H23N3. The van der Waals surface area contributed by atoms with Gasteiger partial charge in [0.15, 0.2) is 0 Å². The van der Waals surface area contributed by atoms with Crippen molar-refractivity contribution in [2.24, 2.45) is 5.73 Å². The zero-order valence-corrected chi connectivity index (χ0v) is 9.64. The summed E-state index contributed by atoms with van der Waals surface area (Å²) in [6.45, 7) is 12.8. The summed E-state index contributed by atoms with van der Waals surface area (Å²) in [5, 5.41) is 3.21. The predicted molar refractivity (Wildman–Crippen MR) is 60.8 cm³/mol. The van der Waals surface area contributed by atoms with Crippen LogP contribution in [-0.2, 0) is 0 Å². The Balaban J connectivity index is 2.35. The number of piperidine rings is 1. The Labute approximate surface area is 87.3 Å². The van der Waals surface area contributed by atoms with Gasteiger partial charge >= 0.3 is 0 Å². The molecule has 82 valence electrons. The summed E-state index contributed by atoms with van der Waals surface area (Å²) >= 11 is 0. The second-order valence-corrected chi connectivity index (χ2v) is 5.10. The molecule has 1 aliphatic heterocycles. The fourth-order valence-corrected chi connectivity index (χ4v) is 1.96. The van der Waals surface area contributed by atoms with E-state index in [0.717, 1.165) is 25.9 Å². The molecule has 3 heteroatoms. The van der Waals surface area contributed by atoms with Gasteiger partial charge in [-0.05, 0) is 33.6 Å². The molecular weight excluding hydrogens is 174 g/mol. The molecule has 0 radical (unpaired) electrons. The van der Waals surface area contributed by atoms with Gasteiger partial charge in [0.2, 0.25) is 0 Å². The molecule has 0 spiro atoms. The first-order chi connectivity index (χ1) is 6.39. The second kappa shape index (κ2) is 4.22. The van der Waals surface area contributed by atoms with E-state index in [4.69, 9.17) is 5.73 Å². The Morgan fingerprint density at radius 3 is 2.21 bits per heavy atom. The number of nitrogens with zero attached hydrogens (tertiary/aromatic N) is 1. The van der Waals surface area contributed by atoms with E-state index in [2.05, 4.69) is 37.6 Å². The fraction of sp³-hybridized carbons (Fsp3) is 0.818. The molecule has 1 aliphatic rings. The van der Waals surface area contributed by atoms with E-state index >= 15 is 0 Å². The van der Waals surface area contributed by atoms with Gasteiger partial charge in [0.25, 0.3) is 0 Å². The number of nitrogens with one attached hydrogen (secondary N) is 1. The largest absolute Gasteiger partial charge is 0.386 e. The lowest BCUT2D eigenvalue weighted by Crippen LogP contribution is -2.50. The predicted octanol–water partition coefficient (Wildman–Crippen LogP) is 1.27. The highest BCUT2D eigenvalue weighted by Gasteiger charge is 2.26. The average Bonchev–Trinajstić information content (AvgIpc) is 2.02. The van der Waals surface area contributed by atoms with Crippen LogP contribution >= 0.6 is 0 Å². The maximum Gasteiger partial charge on any atom is 0.0888 e. The van der Waals surface area contributed by atoms with Gasteiger partial charge in [0.05, 0.1) is 5.82 Å². The number of rotatable bonds is 2. The Morgan fingerprint density at radius 1 is 1.36 bits per heavy atom. The van der Waals surface area contributed by atoms with Crippen molar-refractivity contribution in [2.45, 2.75) is 45.2 Å². The van der Waals surface area contributed by atoms with Gasteiger partial charge in [-0.1, -0.05) is 6.58 Å². The van der Waals surface area contributed by atoms with Crippen LogP contribution in [0.5, 0.6) is 0 Å². The Morgan fingerprint density at radius 2 is 1.86 bits per heavy atom. The zero-order chi connectivity index (χ0) is 10.8. The maximum absolute atomic E-state index is 5.52. The van der Waals surface area contributed by atoms with E-state index < -0.39 is 0 Å². The van der Waals surface area contributed by atoms with Crippen molar-refractivity contribution in [3.63, 3.8) is 0 Å². The van der Waals surface area contributed by atoms with Gasteiger partial charge in [-0.15, -0.1) is 0 Å². The SMILES string of the molecule is C=C(N)NC1CCN(C(C)(C)C)CC1. The van der Waals surface area contributed by atoms with Crippen LogP contribution in [0.4, 0.5) is 0 Å². The van der Waals surface area contributed by atoms with Gasteiger partial charge in [0, 0.05) is 24.7 Å². The molecule has 0 saturated carbocycles. The van der Waals surface area contributed by atoms with Gasteiger partial charge in [0.1, 0.15) is 0 Å². The van der Waals surface area contributed by atoms with Crippen molar-refractivity contribution in [1.29, 1.82) is 0 Å². The number of nitrogens with two attached hydrogens (primary N) is 1. The smallest absolute Gasteiger partial charge is 0.0888 e. The van der Waals surface area contributed by atoms with Gasteiger partial charge in [-0.3, -0.25) is 4.90 Å². The van der Waals surface area contributed by atoms with Crippen molar-refractivity contribution < 1.29 is 0 Å². The molecule has 3 N–H and O–H groups in total. The molecule has 0 unspecified atom stereocenters. The molecule has 0 bridgehead atoms. The monoisotopic (exact) mass is 197 g/mol. The lowest BCUT2D eigenvalue weighted by molar-refractivity contribution is 0.0982. The van der Waals surface area contributed by atoms with Crippen LogP contribution in [0.25, 0.3) is 0 Å². The summed E-state index contributed by atoms with van der Waals surface area (Å²) in [6, 6.07) is 0.520. The van der Waals surface area contributed by atoms with E-state index in [1.165, 1.54) is 0 Å². The normalized spacial score (nSPS) is 20.8. The highest BCUT2D eigenvalue weighted by molar-refractivity contribution is 4.91. The zero-order valence-electron chi connectivity index (χ0n) is 9.64. The quantitative estimate of drug-likeness (QED) is 0.700. The topological polar surface area (TPSA) is 41.3 Å². The summed E-state index contributed by atoms with van der Waals surface area (Å²) in [7, 11) is 0. The minimum Gasteiger partial charge on any atom is -0.386 e. The van der Waals surface area contributed by atoms with Crippen LogP contribution in [0.2, 0.25) is 0 Å². The first-order valence-electron chi connectivity index (χ1n) is 5.35. The van der Waals surface area contributed by atoms with E-state index in [-0.39, 0.29) is 0 Å². The van der Waals surface area contributed by atoms with E-state index in [0.29, 0.717) is 17.4 Å². The molecule has 1 heterocycles. The minimum absolute atomic E-state index is 0.296. The summed E-state index contributed by atoms with van der Waals surface area (Å²) in [5.74, 6) is 0.596. The summed E-state index contributed by atoms with van der Waals surface area (Å²) in [6.07, 6.45) is 2.32. The Bertz CT molecular complexity index is 197. The molecule has 14 heavy (non-hydrogen) atoms. The van der Waals surface area contributed by atoms with Crippen molar-refractivity contribution in [2.75, 3.05) is 13.1 Å². The molecule has 0 aromatic heterocycles. The molecule has 1 fully saturated rings. The van der Waals surface area contributed by atoms with Crippen LogP contribution in [0.1, 0.15) is 33.6 Å². The minimum atomic E-state index is 0.296. The van der Waals surface area contributed by atoms with E-state index in [1.54, 1.807) is 0 Å². The third-order valence-electron chi connectivity index (χ3n) is 2.83. The lowest BCUT2D eigenvalue weighted by atomic mass is 9.98. The molecule has 1 rings (SSSR count). The van der Waals surface area contributed by atoms with Crippen LogP contribution in [-0.4, -0.2) is 29.6 Å². The Kier molecular flexibility index (Phi) is 3.43. The highest BCUT2D eigenvalue weighted by atomic mass is 15.2. The van der Waals surface area contributed by atoms with Gasteiger partial charge in [-0.25, -0.2) is 0 Å². The number of hydrogen-bond donors (Lipinski definition) is 2. The average molecular weight is 197 g/mol. The first-order valence-corrected chi connectivity index (χ1v) is 5.35. The van der Waals surface area contributed by atoms with Crippen LogP contribution in [0.15, 0.2) is 12.4 Å². The van der Waals surface area contributed by atoms with Crippen LogP contribution < -0.4 is 11.1 Å². The highest BCUT2D eigenvalue weighted by Crippen LogP contribution is 2.20. The number of hydrogen-bond acceptors (Lipinski definition) is 3. The third kappa shape index (κ3) is 3.22. The van der Waals surface area contributed by atoms with Crippen LogP contribution in [0, 0.1) is 0 Å². The van der Waals surface area contributed by atoms with Crippen molar-refractivity contribution in [3.8, 4) is 0 Å². The summed E-state index contributed by atoms with van der Waals surface area (Å²) in [4.78, 5) is 2.52. The molecule has 0 amide bonds. The van der Waals surface area contributed by atoms with E-state index in [1.807, 2.05) is 0 Å². The van der Waals surface area contributed by atoms with E-state index in [9.17, 15) is 0 Å². The molecule has 0 aliphatic carbocycles.